The molecule has 0 bridgehead atoms. The van der Waals surface area contributed by atoms with Gasteiger partial charge in [0.2, 0.25) is 0 Å². The van der Waals surface area contributed by atoms with Crippen LogP contribution in [0, 0.1) is 0 Å². The van der Waals surface area contributed by atoms with Crippen LogP contribution >= 0.6 is 0 Å². The molecule has 0 saturated carbocycles. The van der Waals surface area contributed by atoms with E-state index in [9.17, 15) is 4.79 Å². The van der Waals surface area contributed by atoms with E-state index in [0.717, 1.165) is 17.3 Å². The lowest BCUT2D eigenvalue weighted by molar-refractivity contribution is -0.135. The monoisotopic (exact) mass is 274 g/mol. The molecule has 0 amide bonds. The van der Waals surface area contributed by atoms with Crippen LogP contribution in [-0.4, -0.2) is 59.9 Å². The van der Waals surface area contributed by atoms with Crippen LogP contribution in [0.15, 0.2) is 30.5 Å². The third-order valence-corrected chi connectivity index (χ3v) is 2.99. The Morgan fingerprint density at radius 2 is 2.00 bits per heavy atom. The van der Waals surface area contributed by atoms with E-state index in [1.165, 1.54) is 0 Å². The Balaban J connectivity index is 2.36. The van der Waals surface area contributed by atoms with Crippen LogP contribution < -0.4 is 4.90 Å². The second kappa shape index (κ2) is 6.29. The minimum Gasteiger partial charge on any atom is -0.480 e. The normalized spacial score (nSPS) is 10.9. The smallest absolute Gasteiger partial charge is 0.323 e. The molecule has 6 nitrogen and oxygen atoms in total. The van der Waals surface area contributed by atoms with Crippen LogP contribution in [0.3, 0.4) is 0 Å². The standard InChI is InChI=1S/C14H18N4O2/c1-17(2)7-8-18(10-13(19)20)14-12-6-4-3-5-11(12)9-15-16-14/h3-6,9H,7-8,10H2,1-2H3,(H,19,20). The highest BCUT2D eigenvalue weighted by molar-refractivity contribution is 5.92. The Morgan fingerprint density at radius 3 is 2.70 bits per heavy atom. The van der Waals surface area contributed by atoms with Crippen LogP contribution in [0.2, 0.25) is 0 Å². The van der Waals surface area contributed by atoms with Gasteiger partial charge in [-0.1, -0.05) is 24.3 Å². The van der Waals surface area contributed by atoms with Crippen LogP contribution in [0.4, 0.5) is 5.82 Å². The number of nitrogens with zero attached hydrogens (tertiary/aromatic N) is 4. The van der Waals surface area contributed by atoms with Gasteiger partial charge in [-0.25, -0.2) is 0 Å². The molecule has 6 heteroatoms. The lowest BCUT2D eigenvalue weighted by Gasteiger charge is -2.24. The van der Waals surface area contributed by atoms with E-state index < -0.39 is 5.97 Å². The van der Waals surface area contributed by atoms with Crippen molar-refractivity contribution in [3.63, 3.8) is 0 Å². The fourth-order valence-electron chi connectivity index (χ4n) is 1.99. The summed E-state index contributed by atoms with van der Waals surface area (Å²) in [7, 11) is 3.90. The van der Waals surface area contributed by atoms with Crippen molar-refractivity contribution in [3.05, 3.63) is 30.5 Å². The van der Waals surface area contributed by atoms with Crippen molar-refractivity contribution in [2.75, 3.05) is 38.6 Å². The average Bonchev–Trinajstić information content (AvgIpc) is 2.42. The van der Waals surface area contributed by atoms with Crippen molar-refractivity contribution in [2.45, 2.75) is 0 Å². The summed E-state index contributed by atoms with van der Waals surface area (Å²) in [4.78, 5) is 14.8. The van der Waals surface area contributed by atoms with Gasteiger partial charge in [0, 0.05) is 23.9 Å². The maximum atomic E-state index is 11.1. The summed E-state index contributed by atoms with van der Waals surface area (Å²) in [5, 5.41) is 19.1. The molecule has 0 saturated heterocycles. The number of fused-ring (bicyclic) bond motifs is 1. The lowest BCUT2D eigenvalue weighted by atomic mass is 10.2. The van der Waals surface area contributed by atoms with Gasteiger partial charge in [-0.2, -0.15) is 5.10 Å². The van der Waals surface area contributed by atoms with Crippen molar-refractivity contribution in [1.82, 2.24) is 15.1 Å². The van der Waals surface area contributed by atoms with Gasteiger partial charge in [-0.3, -0.25) is 4.79 Å². The number of carbonyl (C=O) groups is 1. The Labute approximate surface area is 117 Å². The van der Waals surface area contributed by atoms with Gasteiger partial charge in [-0.05, 0) is 14.1 Å². The zero-order chi connectivity index (χ0) is 14.5. The van der Waals surface area contributed by atoms with Gasteiger partial charge in [-0.15, -0.1) is 5.10 Å². The molecule has 0 aliphatic rings. The van der Waals surface area contributed by atoms with E-state index in [1.54, 1.807) is 11.1 Å². The van der Waals surface area contributed by atoms with Crippen molar-refractivity contribution in [3.8, 4) is 0 Å². The third-order valence-electron chi connectivity index (χ3n) is 2.99. The third kappa shape index (κ3) is 3.42. The number of aromatic nitrogens is 2. The molecule has 0 unspecified atom stereocenters. The summed E-state index contributed by atoms with van der Waals surface area (Å²) in [5.74, 6) is -0.258. The summed E-state index contributed by atoms with van der Waals surface area (Å²) in [5.41, 5.74) is 0. The Morgan fingerprint density at radius 1 is 1.25 bits per heavy atom. The van der Waals surface area contributed by atoms with Crippen molar-refractivity contribution < 1.29 is 9.90 Å². The highest BCUT2D eigenvalue weighted by atomic mass is 16.4. The number of benzene rings is 1. The fraction of sp³-hybridized carbons (Fsp3) is 0.357. The second-order valence-corrected chi connectivity index (χ2v) is 4.87. The van der Waals surface area contributed by atoms with Crippen LogP contribution in [0.25, 0.3) is 10.8 Å². The Bertz CT molecular complexity index is 595. The number of carboxylic acids is 1. The van der Waals surface area contributed by atoms with E-state index in [1.807, 2.05) is 43.3 Å². The minimum atomic E-state index is -0.876. The molecule has 1 N–H and O–H groups in total. The van der Waals surface area contributed by atoms with Gasteiger partial charge < -0.3 is 14.9 Å². The molecule has 1 aromatic carbocycles. The van der Waals surface area contributed by atoms with Gasteiger partial charge in [0.15, 0.2) is 5.82 Å². The number of hydrogen-bond acceptors (Lipinski definition) is 5. The van der Waals surface area contributed by atoms with Crippen LogP contribution in [0.5, 0.6) is 0 Å². The molecule has 0 aliphatic heterocycles. The molecule has 0 spiro atoms. The highest BCUT2D eigenvalue weighted by Gasteiger charge is 2.15. The summed E-state index contributed by atoms with van der Waals surface area (Å²) in [6.45, 7) is 1.25. The Kier molecular flexibility index (Phi) is 4.47. The maximum Gasteiger partial charge on any atom is 0.323 e. The first-order valence-corrected chi connectivity index (χ1v) is 6.40. The van der Waals surface area contributed by atoms with Crippen molar-refractivity contribution in [1.29, 1.82) is 0 Å². The molecule has 1 aromatic heterocycles. The predicted octanol–water partition coefficient (Wildman–Crippen LogP) is 1.08. The van der Waals surface area contributed by atoms with E-state index in [4.69, 9.17) is 5.11 Å². The molecule has 0 fully saturated rings. The summed E-state index contributed by atoms with van der Waals surface area (Å²) in [6.07, 6.45) is 1.68. The maximum absolute atomic E-state index is 11.1. The molecule has 2 rings (SSSR count). The number of hydrogen-bond donors (Lipinski definition) is 1. The SMILES string of the molecule is CN(C)CCN(CC(=O)O)c1nncc2ccccc12. The molecule has 1 heterocycles. The Hall–Kier alpha value is -2.21. The van der Waals surface area contributed by atoms with Crippen LogP contribution in [-0.2, 0) is 4.79 Å². The van der Waals surface area contributed by atoms with Gasteiger partial charge in [0.05, 0.1) is 6.20 Å². The second-order valence-electron chi connectivity index (χ2n) is 4.87. The van der Waals surface area contributed by atoms with E-state index in [2.05, 4.69) is 10.2 Å². The van der Waals surface area contributed by atoms with E-state index in [-0.39, 0.29) is 6.54 Å². The summed E-state index contributed by atoms with van der Waals surface area (Å²) < 4.78 is 0. The van der Waals surface area contributed by atoms with Crippen molar-refractivity contribution in [2.24, 2.45) is 0 Å². The number of carboxylic acid groups (broad SMARTS) is 1. The summed E-state index contributed by atoms with van der Waals surface area (Å²) >= 11 is 0. The average molecular weight is 274 g/mol. The lowest BCUT2D eigenvalue weighted by Crippen LogP contribution is -2.36. The molecule has 0 radical (unpaired) electrons. The van der Waals surface area contributed by atoms with Gasteiger partial charge >= 0.3 is 5.97 Å². The topological polar surface area (TPSA) is 69.6 Å². The molecule has 0 atom stereocenters. The zero-order valence-electron chi connectivity index (χ0n) is 11.7. The predicted molar refractivity (Wildman–Crippen MR) is 77.9 cm³/mol. The number of likely N-dealkylation sites (N-methyl/N-ethyl adjacent to an activating group) is 1. The zero-order valence-corrected chi connectivity index (χ0v) is 11.7. The molecule has 2 aromatic rings. The molecular weight excluding hydrogens is 256 g/mol. The number of anilines is 1. The summed E-state index contributed by atoms with van der Waals surface area (Å²) in [6, 6.07) is 7.72. The first kappa shape index (κ1) is 14.2. The van der Waals surface area contributed by atoms with Gasteiger partial charge in [0.25, 0.3) is 0 Å². The largest absolute Gasteiger partial charge is 0.480 e. The number of aliphatic carboxylic acids is 1. The first-order valence-electron chi connectivity index (χ1n) is 6.40. The molecular formula is C14H18N4O2. The molecule has 20 heavy (non-hydrogen) atoms. The van der Waals surface area contributed by atoms with E-state index in [0.29, 0.717) is 12.4 Å². The van der Waals surface area contributed by atoms with Crippen molar-refractivity contribution >= 4 is 22.6 Å². The fourth-order valence-corrected chi connectivity index (χ4v) is 1.99. The number of rotatable bonds is 6. The minimum absolute atomic E-state index is 0.0868. The van der Waals surface area contributed by atoms with Crippen LogP contribution in [0.1, 0.15) is 0 Å². The van der Waals surface area contributed by atoms with E-state index >= 15 is 0 Å². The van der Waals surface area contributed by atoms with Gasteiger partial charge in [0.1, 0.15) is 6.54 Å². The molecule has 106 valence electrons. The first-order chi connectivity index (χ1) is 9.58. The highest BCUT2D eigenvalue weighted by Crippen LogP contribution is 2.22. The quantitative estimate of drug-likeness (QED) is 0.850. The molecule has 0 aliphatic carbocycles.